The van der Waals surface area contributed by atoms with Crippen molar-refractivity contribution < 1.29 is 14.7 Å². The number of carbonyl (C=O) groups excluding carboxylic acids is 1. The number of benzene rings is 1. The van der Waals surface area contributed by atoms with Gasteiger partial charge in [-0.3, -0.25) is 14.5 Å². The van der Waals surface area contributed by atoms with Gasteiger partial charge in [0.1, 0.15) is 6.04 Å². The second-order valence-electron chi connectivity index (χ2n) is 4.64. The zero-order valence-electron chi connectivity index (χ0n) is 10.6. The molecule has 1 atom stereocenters. The number of amides is 1. The van der Waals surface area contributed by atoms with Gasteiger partial charge in [0.25, 0.3) is 0 Å². The molecule has 0 saturated carbocycles. The zero-order valence-corrected chi connectivity index (χ0v) is 12.9. The lowest BCUT2D eigenvalue weighted by molar-refractivity contribution is -0.142. The van der Waals surface area contributed by atoms with Gasteiger partial charge in [-0.2, -0.15) is 0 Å². The molecular formula is C13H14BrClN2O3. The molecule has 1 heterocycles. The van der Waals surface area contributed by atoms with Gasteiger partial charge in [0.15, 0.2) is 0 Å². The predicted octanol–water partition coefficient (Wildman–Crippen LogP) is 2.59. The summed E-state index contributed by atoms with van der Waals surface area (Å²) < 4.78 is 0.825. The molecule has 0 bridgehead atoms. The Morgan fingerprint density at radius 3 is 2.90 bits per heavy atom. The first-order valence-electron chi connectivity index (χ1n) is 6.19. The molecular weight excluding hydrogens is 348 g/mol. The Labute approximate surface area is 130 Å². The number of halogens is 2. The Hall–Kier alpha value is -1.11. The van der Waals surface area contributed by atoms with E-state index < -0.39 is 12.0 Å². The smallest absolute Gasteiger partial charge is 0.320 e. The van der Waals surface area contributed by atoms with E-state index in [2.05, 4.69) is 21.2 Å². The van der Waals surface area contributed by atoms with Crippen LogP contribution in [-0.2, 0) is 9.59 Å². The summed E-state index contributed by atoms with van der Waals surface area (Å²) in [6.45, 7) is 0.682. The van der Waals surface area contributed by atoms with E-state index in [0.29, 0.717) is 23.7 Å². The molecule has 1 amide bonds. The number of carboxylic acid groups (broad SMARTS) is 1. The van der Waals surface area contributed by atoms with E-state index >= 15 is 0 Å². The highest BCUT2D eigenvalue weighted by Crippen LogP contribution is 2.25. The molecule has 0 aliphatic carbocycles. The van der Waals surface area contributed by atoms with Gasteiger partial charge in [-0.1, -0.05) is 27.5 Å². The lowest BCUT2D eigenvalue weighted by atomic mass is 10.2. The van der Waals surface area contributed by atoms with Crippen molar-refractivity contribution in [2.24, 2.45) is 0 Å². The third kappa shape index (κ3) is 3.71. The largest absolute Gasteiger partial charge is 0.480 e. The Morgan fingerprint density at radius 2 is 2.25 bits per heavy atom. The van der Waals surface area contributed by atoms with Gasteiger partial charge >= 0.3 is 5.97 Å². The second kappa shape index (κ2) is 6.56. The zero-order chi connectivity index (χ0) is 14.7. The maximum Gasteiger partial charge on any atom is 0.320 e. The summed E-state index contributed by atoms with van der Waals surface area (Å²) in [4.78, 5) is 24.7. The standard InChI is InChI=1S/C13H14BrClN2O3/c14-8-3-4-10(9(15)6-8)16-12(18)7-17-5-1-2-11(17)13(19)20/h3-4,6,11H,1-2,5,7H2,(H,16,18)(H,19,20)/t11-/m1/s1. The van der Waals surface area contributed by atoms with Crippen molar-refractivity contribution >= 4 is 45.1 Å². The van der Waals surface area contributed by atoms with Crippen LogP contribution >= 0.6 is 27.5 Å². The van der Waals surface area contributed by atoms with Gasteiger partial charge < -0.3 is 10.4 Å². The summed E-state index contributed by atoms with van der Waals surface area (Å²) >= 11 is 9.30. The monoisotopic (exact) mass is 360 g/mol. The quantitative estimate of drug-likeness (QED) is 0.865. The molecule has 1 aromatic carbocycles. The Morgan fingerprint density at radius 1 is 1.50 bits per heavy atom. The molecule has 0 aromatic heterocycles. The minimum atomic E-state index is -0.878. The van der Waals surface area contributed by atoms with E-state index in [1.54, 1.807) is 23.1 Å². The van der Waals surface area contributed by atoms with Gasteiger partial charge in [0.05, 0.1) is 17.3 Å². The maximum absolute atomic E-state index is 12.0. The number of hydrogen-bond donors (Lipinski definition) is 2. The van der Waals surface area contributed by atoms with Crippen LogP contribution in [0.3, 0.4) is 0 Å². The van der Waals surface area contributed by atoms with Crippen molar-refractivity contribution in [3.8, 4) is 0 Å². The summed E-state index contributed by atoms with van der Waals surface area (Å²) in [7, 11) is 0. The van der Waals surface area contributed by atoms with Crippen molar-refractivity contribution in [3.63, 3.8) is 0 Å². The molecule has 108 valence electrons. The first kappa shape index (κ1) is 15.3. The number of hydrogen-bond acceptors (Lipinski definition) is 3. The molecule has 1 fully saturated rings. The number of anilines is 1. The molecule has 0 spiro atoms. The van der Waals surface area contributed by atoms with Crippen molar-refractivity contribution in [1.82, 2.24) is 4.90 Å². The fourth-order valence-electron chi connectivity index (χ4n) is 2.26. The third-order valence-electron chi connectivity index (χ3n) is 3.20. The van der Waals surface area contributed by atoms with Gasteiger partial charge in [-0.25, -0.2) is 0 Å². The number of nitrogens with zero attached hydrogens (tertiary/aromatic N) is 1. The minimum Gasteiger partial charge on any atom is -0.480 e. The summed E-state index contributed by atoms with van der Waals surface area (Å²) in [6.07, 6.45) is 1.38. The second-order valence-corrected chi connectivity index (χ2v) is 5.96. The topological polar surface area (TPSA) is 69.6 Å². The third-order valence-corrected chi connectivity index (χ3v) is 4.01. The van der Waals surface area contributed by atoms with Gasteiger partial charge in [-0.05, 0) is 37.6 Å². The molecule has 1 saturated heterocycles. The van der Waals surface area contributed by atoms with Crippen molar-refractivity contribution in [3.05, 3.63) is 27.7 Å². The fourth-order valence-corrected chi connectivity index (χ4v) is 2.98. The predicted molar refractivity (Wildman–Crippen MR) is 80.0 cm³/mol. The summed E-state index contributed by atoms with van der Waals surface area (Å²) in [5, 5.41) is 12.2. The van der Waals surface area contributed by atoms with Crippen LogP contribution in [0.1, 0.15) is 12.8 Å². The average molecular weight is 362 g/mol. The lowest BCUT2D eigenvalue weighted by Gasteiger charge is -2.20. The van der Waals surface area contributed by atoms with Crippen LogP contribution in [0.15, 0.2) is 22.7 Å². The minimum absolute atomic E-state index is 0.0589. The van der Waals surface area contributed by atoms with E-state index in [0.717, 1.165) is 10.9 Å². The molecule has 1 aliphatic rings. The van der Waals surface area contributed by atoms with Crippen LogP contribution in [0.2, 0.25) is 5.02 Å². The van der Waals surface area contributed by atoms with Crippen LogP contribution in [0, 0.1) is 0 Å². The molecule has 20 heavy (non-hydrogen) atoms. The van der Waals surface area contributed by atoms with Crippen LogP contribution in [0.5, 0.6) is 0 Å². The molecule has 2 rings (SSSR count). The molecule has 1 aromatic rings. The van der Waals surface area contributed by atoms with Gasteiger partial charge in [0.2, 0.25) is 5.91 Å². The first-order chi connectivity index (χ1) is 9.47. The summed E-state index contributed by atoms with van der Waals surface area (Å²) in [5.74, 6) is -1.14. The van der Waals surface area contributed by atoms with E-state index in [4.69, 9.17) is 16.7 Å². The van der Waals surface area contributed by atoms with Crippen molar-refractivity contribution in [1.29, 1.82) is 0 Å². The van der Waals surface area contributed by atoms with Crippen LogP contribution < -0.4 is 5.32 Å². The molecule has 1 aliphatic heterocycles. The fraction of sp³-hybridized carbons (Fsp3) is 0.385. The number of nitrogens with one attached hydrogen (secondary N) is 1. The highest BCUT2D eigenvalue weighted by Gasteiger charge is 2.31. The van der Waals surface area contributed by atoms with Crippen LogP contribution in [0.25, 0.3) is 0 Å². The van der Waals surface area contributed by atoms with Crippen molar-refractivity contribution in [2.75, 3.05) is 18.4 Å². The first-order valence-corrected chi connectivity index (χ1v) is 7.36. The number of rotatable bonds is 4. The number of likely N-dealkylation sites (tertiary alicyclic amines) is 1. The highest BCUT2D eigenvalue weighted by atomic mass is 79.9. The Kier molecular flexibility index (Phi) is 5.01. The molecule has 5 nitrogen and oxygen atoms in total. The van der Waals surface area contributed by atoms with Crippen molar-refractivity contribution in [2.45, 2.75) is 18.9 Å². The number of carbonyl (C=O) groups is 2. The summed E-state index contributed by atoms with van der Waals surface area (Å²) in [6, 6.07) is 4.59. The number of carboxylic acids is 1. The van der Waals surface area contributed by atoms with E-state index in [9.17, 15) is 9.59 Å². The summed E-state index contributed by atoms with van der Waals surface area (Å²) in [5.41, 5.74) is 0.519. The Bertz CT molecular complexity index is 538. The maximum atomic E-state index is 12.0. The van der Waals surface area contributed by atoms with Crippen LogP contribution in [-0.4, -0.2) is 41.0 Å². The van der Waals surface area contributed by atoms with E-state index in [-0.39, 0.29) is 12.5 Å². The molecule has 2 N–H and O–H groups in total. The van der Waals surface area contributed by atoms with E-state index in [1.807, 2.05) is 0 Å². The average Bonchev–Trinajstić information content (AvgIpc) is 2.81. The van der Waals surface area contributed by atoms with E-state index in [1.165, 1.54) is 0 Å². The molecule has 0 radical (unpaired) electrons. The molecule has 7 heteroatoms. The SMILES string of the molecule is O=C(CN1CCC[C@@H]1C(=O)O)Nc1ccc(Br)cc1Cl. The normalized spacial score (nSPS) is 19.0. The Balaban J connectivity index is 1.97. The van der Waals surface area contributed by atoms with Gasteiger partial charge in [0, 0.05) is 4.47 Å². The number of aliphatic carboxylic acids is 1. The van der Waals surface area contributed by atoms with Crippen LogP contribution in [0.4, 0.5) is 5.69 Å². The van der Waals surface area contributed by atoms with Gasteiger partial charge in [-0.15, -0.1) is 0 Å². The molecule has 0 unspecified atom stereocenters. The lowest BCUT2D eigenvalue weighted by Crippen LogP contribution is -2.40. The highest BCUT2D eigenvalue weighted by molar-refractivity contribution is 9.10.